The highest BCUT2D eigenvalue weighted by Gasteiger charge is 1.98. The number of nitrogens with zero attached hydrogens (tertiary/aromatic N) is 2. The normalized spacial score (nSPS) is 10.5. The van der Waals surface area contributed by atoms with Crippen molar-refractivity contribution in [1.29, 1.82) is 0 Å². The van der Waals surface area contributed by atoms with Crippen LogP contribution in [-0.4, -0.2) is 9.55 Å². The molecule has 0 aliphatic carbocycles. The van der Waals surface area contributed by atoms with Gasteiger partial charge in [-0.15, -0.1) is 0 Å². The lowest BCUT2D eigenvalue weighted by atomic mass is 10.1. The van der Waals surface area contributed by atoms with E-state index in [4.69, 9.17) is 0 Å². The van der Waals surface area contributed by atoms with E-state index >= 15 is 0 Å². The van der Waals surface area contributed by atoms with E-state index in [-0.39, 0.29) is 0 Å². The van der Waals surface area contributed by atoms with Crippen molar-refractivity contribution >= 4 is 11.3 Å². The van der Waals surface area contributed by atoms with Crippen molar-refractivity contribution in [3.05, 3.63) is 40.6 Å². The third kappa shape index (κ3) is 1.98. The molecule has 2 rings (SSSR count). The summed E-state index contributed by atoms with van der Waals surface area (Å²) in [6.07, 6.45) is 6.79. The van der Waals surface area contributed by atoms with Gasteiger partial charge in [-0.2, -0.15) is 11.3 Å². The number of rotatable bonds is 3. The van der Waals surface area contributed by atoms with Crippen LogP contribution in [0.3, 0.4) is 0 Å². The lowest BCUT2D eigenvalue weighted by Gasteiger charge is -2.00. The van der Waals surface area contributed by atoms with Gasteiger partial charge in [0, 0.05) is 18.9 Å². The van der Waals surface area contributed by atoms with Gasteiger partial charge < -0.3 is 4.57 Å². The third-order valence-corrected chi connectivity index (χ3v) is 3.07. The maximum atomic E-state index is 4.01. The zero-order chi connectivity index (χ0) is 9.10. The Balaban J connectivity index is 1.97. The lowest BCUT2D eigenvalue weighted by Crippen LogP contribution is -1.98. The minimum absolute atomic E-state index is 1.03. The Morgan fingerprint density at radius 2 is 2.38 bits per heavy atom. The van der Waals surface area contributed by atoms with E-state index in [2.05, 4.69) is 27.2 Å². The Morgan fingerprint density at radius 1 is 1.46 bits per heavy atom. The van der Waals surface area contributed by atoms with Crippen molar-refractivity contribution in [3.63, 3.8) is 0 Å². The molecule has 0 unspecified atom stereocenters. The van der Waals surface area contributed by atoms with Gasteiger partial charge >= 0.3 is 0 Å². The van der Waals surface area contributed by atoms with Crippen molar-refractivity contribution in [2.24, 2.45) is 0 Å². The highest BCUT2D eigenvalue weighted by Crippen LogP contribution is 2.14. The average Bonchev–Trinajstić information content (AvgIpc) is 2.72. The Bertz CT molecular complexity index is 362. The van der Waals surface area contributed by atoms with Crippen molar-refractivity contribution in [2.75, 3.05) is 0 Å². The van der Waals surface area contributed by atoms with Crippen LogP contribution >= 0.6 is 11.3 Å². The lowest BCUT2D eigenvalue weighted by molar-refractivity contribution is 0.695. The Morgan fingerprint density at radius 3 is 3.00 bits per heavy atom. The van der Waals surface area contributed by atoms with Crippen molar-refractivity contribution in [2.45, 2.75) is 19.9 Å². The second kappa shape index (κ2) is 3.75. The molecule has 0 radical (unpaired) electrons. The first-order valence-corrected chi connectivity index (χ1v) is 5.28. The smallest absolute Gasteiger partial charge is 0.0946 e. The number of imidazole rings is 1. The molecule has 0 saturated heterocycles. The fourth-order valence-corrected chi connectivity index (χ4v) is 2.20. The SMILES string of the molecule is Cc1cscc1CCn1ccnc1. The predicted octanol–water partition coefficient (Wildman–Crippen LogP) is 2.50. The predicted molar refractivity (Wildman–Crippen MR) is 55.0 cm³/mol. The van der Waals surface area contributed by atoms with Gasteiger partial charge in [0.2, 0.25) is 0 Å². The van der Waals surface area contributed by atoms with E-state index in [1.54, 1.807) is 11.3 Å². The highest BCUT2D eigenvalue weighted by atomic mass is 32.1. The maximum absolute atomic E-state index is 4.01. The Labute approximate surface area is 81.9 Å². The van der Waals surface area contributed by atoms with Crippen molar-refractivity contribution in [3.8, 4) is 0 Å². The van der Waals surface area contributed by atoms with Crippen LogP contribution in [0, 0.1) is 6.92 Å². The second-order valence-electron chi connectivity index (χ2n) is 3.13. The summed E-state index contributed by atoms with van der Waals surface area (Å²) in [5, 5.41) is 4.43. The fraction of sp³-hybridized carbons (Fsp3) is 0.300. The minimum atomic E-state index is 1.03. The maximum Gasteiger partial charge on any atom is 0.0946 e. The van der Waals surface area contributed by atoms with Gasteiger partial charge in [-0.1, -0.05) is 0 Å². The molecule has 0 aromatic carbocycles. The monoisotopic (exact) mass is 192 g/mol. The molecule has 0 spiro atoms. The molecule has 13 heavy (non-hydrogen) atoms. The van der Waals surface area contributed by atoms with Crippen LogP contribution in [0.25, 0.3) is 0 Å². The molecule has 2 nitrogen and oxygen atoms in total. The third-order valence-electron chi connectivity index (χ3n) is 2.16. The first-order chi connectivity index (χ1) is 6.36. The summed E-state index contributed by atoms with van der Waals surface area (Å²) in [4.78, 5) is 4.01. The van der Waals surface area contributed by atoms with Gasteiger partial charge in [0.15, 0.2) is 0 Å². The molecule has 2 aromatic heterocycles. The van der Waals surface area contributed by atoms with Gasteiger partial charge in [0.05, 0.1) is 6.33 Å². The standard InChI is InChI=1S/C10H12N2S/c1-9-6-13-7-10(9)2-4-12-5-3-11-8-12/h3,5-8H,2,4H2,1H3. The van der Waals surface area contributed by atoms with Crippen molar-refractivity contribution < 1.29 is 0 Å². The van der Waals surface area contributed by atoms with Crippen LogP contribution in [0.15, 0.2) is 29.5 Å². The van der Waals surface area contributed by atoms with Crippen LogP contribution in [0.4, 0.5) is 0 Å². The highest BCUT2D eigenvalue weighted by molar-refractivity contribution is 7.08. The van der Waals surface area contributed by atoms with E-state index < -0.39 is 0 Å². The van der Waals surface area contributed by atoms with Gasteiger partial charge in [0.1, 0.15) is 0 Å². The molecular weight excluding hydrogens is 180 g/mol. The number of thiophene rings is 1. The van der Waals surface area contributed by atoms with Crippen LogP contribution in [0.1, 0.15) is 11.1 Å². The molecule has 0 saturated carbocycles. The summed E-state index contributed by atoms with van der Waals surface area (Å²) in [7, 11) is 0. The Kier molecular flexibility index (Phi) is 2.45. The zero-order valence-corrected chi connectivity index (χ0v) is 8.42. The summed E-state index contributed by atoms with van der Waals surface area (Å²) in [5.74, 6) is 0. The van der Waals surface area contributed by atoms with E-state index in [1.165, 1.54) is 11.1 Å². The van der Waals surface area contributed by atoms with Crippen molar-refractivity contribution in [1.82, 2.24) is 9.55 Å². The van der Waals surface area contributed by atoms with Crippen LogP contribution in [-0.2, 0) is 13.0 Å². The van der Waals surface area contributed by atoms with Gasteiger partial charge in [-0.3, -0.25) is 0 Å². The van der Waals surface area contributed by atoms with E-state index in [0.717, 1.165) is 13.0 Å². The first-order valence-electron chi connectivity index (χ1n) is 4.33. The van der Waals surface area contributed by atoms with Gasteiger partial charge in [0.25, 0.3) is 0 Å². The van der Waals surface area contributed by atoms with Crippen LogP contribution in [0.2, 0.25) is 0 Å². The number of aryl methyl sites for hydroxylation is 3. The largest absolute Gasteiger partial charge is 0.337 e. The fourth-order valence-electron chi connectivity index (χ4n) is 1.31. The van der Waals surface area contributed by atoms with E-state index in [0.29, 0.717) is 0 Å². The molecule has 2 heterocycles. The molecule has 2 aromatic rings. The zero-order valence-electron chi connectivity index (χ0n) is 7.60. The van der Waals surface area contributed by atoms with Gasteiger partial charge in [-0.05, 0) is 35.2 Å². The molecule has 0 N–H and O–H groups in total. The molecule has 0 aliphatic rings. The summed E-state index contributed by atoms with van der Waals surface area (Å²) < 4.78 is 2.11. The number of hydrogen-bond donors (Lipinski definition) is 0. The number of aromatic nitrogens is 2. The van der Waals surface area contributed by atoms with E-state index in [1.807, 2.05) is 18.7 Å². The number of hydrogen-bond acceptors (Lipinski definition) is 2. The first kappa shape index (κ1) is 8.51. The quantitative estimate of drug-likeness (QED) is 0.730. The van der Waals surface area contributed by atoms with Crippen LogP contribution in [0.5, 0.6) is 0 Å². The summed E-state index contributed by atoms with van der Waals surface area (Å²) in [5.41, 5.74) is 2.86. The van der Waals surface area contributed by atoms with E-state index in [9.17, 15) is 0 Å². The summed E-state index contributed by atoms with van der Waals surface area (Å²) >= 11 is 1.78. The molecular formula is C10H12N2S. The Hall–Kier alpha value is -1.09. The summed E-state index contributed by atoms with van der Waals surface area (Å²) in [6, 6.07) is 0. The topological polar surface area (TPSA) is 17.8 Å². The molecule has 0 bridgehead atoms. The summed E-state index contributed by atoms with van der Waals surface area (Å²) in [6.45, 7) is 3.19. The minimum Gasteiger partial charge on any atom is -0.337 e. The van der Waals surface area contributed by atoms with Gasteiger partial charge in [-0.25, -0.2) is 4.98 Å². The second-order valence-corrected chi connectivity index (χ2v) is 3.87. The molecule has 0 atom stereocenters. The molecule has 0 fully saturated rings. The average molecular weight is 192 g/mol. The molecule has 68 valence electrons. The molecule has 0 aliphatic heterocycles. The van der Waals surface area contributed by atoms with Crippen LogP contribution < -0.4 is 0 Å². The molecule has 0 amide bonds. The molecule has 3 heteroatoms.